The van der Waals surface area contributed by atoms with Gasteiger partial charge in [-0.05, 0) is 70.6 Å². The van der Waals surface area contributed by atoms with Crippen LogP contribution in [0.15, 0.2) is 36.5 Å². The van der Waals surface area contributed by atoms with Crippen LogP contribution in [0.25, 0.3) is 0 Å². The number of hydrogen-bond donors (Lipinski definition) is 3. The van der Waals surface area contributed by atoms with E-state index in [-0.39, 0.29) is 13.0 Å². The van der Waals surface area contributed by atoms with Crippen molar-refractivity contribution in [2.45, 2.75) is 212 Å². The minimum absolute atomic E-state index is 0.0118. The number of aliphatic carboxylic acids is 1. The van der Waals surface area contributed by atoms with E-state index in [1.54, 1.807) is 0 Å². The van der Waals surface area contributed by atoms with Crippen molar-refractivity contribution in [2.24, 2.45) is 5.73 Å². The van der Waals surface area contributed by atoms with Gasteiger partial charge in [0.2, 0.25) is 0 Å². The third-order valence-electron chi connectivity index (χ3n) is 9.64. The van der Waals surface area contributed by atoms with Crippen molar-refractivity contribution in [3.8, 4) is 0 Å². The molecular weight excluding hydrogens is 729 g/mol. The molecule has 0 aliphatic heterocycles. The summed E-state index contributed by atoms with van der Waals surface area (Å²) >= 11 is 0. The number of phosphoric acid groups is 1. The Labute approximate surface area is 342 Å². The molecule has 3 atom stereocenters. The average molecular weight is 814 g/mol. The molecule has 328 valence electrons. The van der Waals surface area contributed by atoms with E-state index in [1.165, 1.54) is 116 Å². The Hall–Kier alpha value is -1.81. The summed E-state index contributed by atoms with van der Waals surface area (Å²) in [6, 6.07) is -1.47. The molecule has 0 saturated heterocycles. The quantitative estimate of drug-likeness (QED) is 0.0234. The first-order valence-electron chi connectivity index (χ1n) is 22.5. The number of nitrogens with two attached hydrogens (primary N) is 1. The molecule has 4 N–H and O–H groups in total. The maximum Gasteiger partial charge on any atom is 0.472 e. The molecule has 0 aliphatic rings. The van der Waals surface area contributed by atoms with Crippen LogP contribution in [0.3, 0.4) is 0 Å². The maximum atomic E-state index is 12.6. The molecule has 0 heterocycles. The van der Waals surface area contributed by atoms with Gasteiger partial charge in [0.15, 0.2) is 0 Å². The molecule has 0 rings (SSSR count). The van der Waals surface area contributed by atoms with Crippen molar-refractivity contribution in [1.82, 2.24) is 0 Å². The summed E-state index contributed by atoms with van der Waals surface area (Å²) in [4.78, 5) is 33.5. The number of rotatable bonds is 43. The molecule has 0 spiro atoms. The van der Waals surface area contributed by atoms with Crippen LogP contribution in [0.5, 0.6) is 0 Å². The van der Waals surface area contributed by atoms with E-state index in [2.05, 4.69) is 50.3 Å². The molecule has 0 fully saturated rings. The van der Waals surface area contributed by atoms with Gasteiger partial charge in [0.25, 0.3) is 0 Å². The Morgan fingerprint density at radius 1 is 0.571 bits per heavy atom. The van der Waals surface area contributed by atoms with Crippen molar-refractivity contribution >= 4 is 19.8 Å². The molecular formula is C45H84NO9P. The van der Waals surface area contributed by atoms with Crippen LogP contribution in [-0.4, -0.2) is 60.5 Å². The number of carboxylic acid groups (broad SMARTS) is 1. The lowest BCUT2D eigenvalue weighted by Gasteiger charge is -2.20. The van der Waals surface area contributed by atoms with Crippen molar-refractivity contribution in [1.29, 1.82) is 0 Å². The molecule has 0 saturated carbocycles. The van der Waals surface area contributed by atoms with Gasteiger partial charge in [-0.15, -0.1) is 0 Å². The van der Waals surface area contributed by atoms with Crippen molar-refractivity contribution in [2.75, 3.05) is 26.4 Å². The first-order chi connectivity index (χ1) is 27.2. The zero-order valence-corrected chi connectivity index (χ0v) is 36.6. The highest BCUT2D eigenvalue weighted by atomic mass is 31.2. The van der Waals surface area contributed by atoms with Gasteiger partial charge in [0.05, 0.1) is 19.8 Å². The summed E-state index contributed by atoms with van der Waals surface area (Å²) in [5.41, 5.74) is 5.35. The lowest BCUT2D eigenvalue weighted by atomic mass is 10.1. The molecule has 10 nitrogen and oxygen atoms in total. The molecule has 0 bridgehead atoms. The maximum absolute atomic E-state index is 12.6. The van der Waals surface area contributed by atoms with E-state index >= 15 is 0 Å². The van der Waals surface area contributed by atoms with Gasteiger partial charge in [-0.1, -0.05) is 159 Å². The minimum atomic E-state index is -4.62. The number of ether oxygens (including phenoxy) is 2. The van der Waals surface area contributed by atoms with Crippen LogP contribution in [0.4, 0.5) is 0 Å². The zero-order valence-electron chi connectivity index (χ0n) is 35.7. The van der Waals surface area contributed by atoms with E-state index in [0.29, 0.717) is 13.0 Å². The largest absolute Gasteiger partial charge is 0.480 e. The standard InChI is InChI=1S/C45H84NO9P/c1-3-5-7-9-11-13-15-17-18-19-20-21-22-23-24-25-27-29-31-33-35-37-44(47)55-42(40-53-56(50,51)54-41-43(46)45(48)49)39-52-38-36-34-32-30-28-26-16-14-12-10-8-6-4-2/h12,14-15,17,19-20,42-43H,3-11,13,16,18,21-41,46H2,1-2H3,(H,48,49)(H,50,51)/b14-12-,17-15-,20-19-. The number of carboxylic acids is 1. The molecule has 56 heavy (non-hydrogen) atoms. The first-order valence-corrected chi connectivity index (χ1v) is 24.0. The van der Waals surface area contributed by atoms with E-state index < -0.39 is 45.1 Å². The number of hydrogen-bond acceptors (Lipinski definition) is 8. The Bertz CT molecular complexity index is 1040. The highest BCUT2D eigenvalue weighted by molar-refractivity contribution is 7.47. The summed E-state index contributed by atoms with van der Waals surface area (Å²) in [5, 5.41) is 8.89. The van der Waals surface area contributed by atoms with Gasteiger partial charge in [0, 0.05) is 13.0 Å². The Morgan fingerprint density at radius 3 is 1.50 bits per heavy atom. The summed E-state index contributed by atoms with van der Waals surface area (Å²) in [5.74, 6) is -1.78. The smallest absolute Gasteiger partial charge is 0.472 e. The molecule has 0 aliphatic carbocycles. The van der Waals surface area contributed by atoms with Gasteiger partial charge in [-0.25, -0.2) is 4.57 Å². The number of carbonyl (C=O) groups is 2. The monoisotopic (exact) mass is 814 g/mol. The van der Waals surface area contributed by atoms with E-state index in [0.717, 1.165) is 57.8 Å². The average Bonchev–Trinajstić information content (AvgIpc) is 3.18. The van der Waals surface area contributed by atoms with Crippen LogP contribution in [0.1, 0.15) is 200 Å². The SMILES string of the molecule is CCCCC/C=C\CCCCCCCCOCC(COP(=O)(O)OCC(N)C(=O)O)OC(=O)CCCCCCCCCCC/C=C\C/C=C\CCCCCCC. The van der Waals surface area contributed by atoms with Crippen LogP contribution >= 0.6 is 7.82 Å². The van der Waals surface area contributed by atoms with Crippen LogP contribution in [0, 0.1) is 0 Å². The third kappa shape index (κ3) is 40.4. The number of carbonyl (C=O) groups excluding carboxylic acids is 1. The van der Waals surface area contributed by atoms with Gasteiger partial charge in [-0.3, -0.25) is 18.6 Å². The third-order valence-corrected chi connectivity index (χ3v) is 10.6. The summed E-state index contributed by atoms with van der Waals surface area (Å²) in [6.07, 6.45) is 46.2. The van der Waals surface area contributed by atoms with Crippen molar-refractivity contribution in [3.63, 3.8) is 0 Å². The molecule has 11 heteroatoms. The molecule has 0 aromatic rings. The molecule has 0 radical (unpaired) electrons. The number of esters is 1. The van der Waals surface area contributed by atoms with Gasteiger partial charge in [-0.2, -0.15) is 0 Å². The van der Waals surface area contributed by atoms with Crippen LogP contribution < -0.4 is 5.73 Å². The van der Waals surface area contributed by atoms with Crippen LogP contribution in [0.2, 0.25) is 0 Å². The Kier molecular flexibility index (Phi) is 40.0. The molecule has 0 amide bonds. The number of unbranched alkanes of at least 4 members (excludes halogenated alkanes) is 23. The number of allylic oxidation sites excluding steroid dienone is 6. The second-order valence-corrected chi connectivity index (χ2v) is 16.6. The van der Waals surface area contributed by atoms with Crippen LogP contribution in [-0.2, 0) is 32.7 Å². The van der Waals surface area contributed by atoms with E-state index in [1.807, 2.05) is 0 Å². The number of phosphoric ester groups is 1. The van der Waals surface area contributed by atoms with Gasteiger partial charge < -0.3 is 25.2 Å². The Morgan fingerprint density at radius 2 is 0.982 bits per heavy atom. The van der Waals surface area contributed by atoms with E-state index in [9.17, 15) is 19.0 Å². The highest BCUT2D eigenvalue weighted by Crippen LogP contribution is 2.43. The predicted octanol–water partition coefficient (Wildman–Crippen LogP) is 12.5. The lowest BCUT2D eigenvalue weighted by Crippen LogP contribution is -2.34. The lowest BCUT2D eigenvalue weighted by molar-refractivity contribution is -0.154. The van der Waals surface area contributed by atoms with E-state index in [4.69, 9.17) is 29.4 Å². The molecule has 3 unspecified atom stereocenters. The fourth-order valence-electron chi connectivity index (χ4n) is 6.10. The molecule has 0 aromatic carbocycles. The van der Waals surface area contributed by atoms with Crippen molar-refractivity contribution < 1.29 is 42.7 Å². The van der Waals surface area contributed by atoms with Crippen molar-refractivity contribution in [3.05, 3.63) is 36.5 Å². The highest BCUT2D eigenvalue weighted by Gasteiger charge is 2.27. The van der Waals surface area contributed by atoms with Gasteiger partial charge >= 0.3 is 19.8 Å². The fraction of sp³-hybridized carbons (Fsp3) is 0.822. The summed E-state index contributed by atoms with van der Waals surface area (Å²) in [7, 11) is -4.62. The molecule has 0 aromatic heterocycles. The second kappa shape index (κ2) is 41.4. The second-order valence-electron chi connectivity index (χ2n) is 15.2. The zero-order chi connectivity index (χ0) is 41.2. The topological polar surface area (TPSA) is 155 Å². The van der Waals surface area contributed by atoms with Gasteiger partial charge in [0.1, 0.15) is 12.1 Å². The Balaban J connectivity index is 4.19. The minimum Gasteiger partial charge on any atom is -0.480 e. The summed E-state index contributed by atoms with van der Waals surface area (Å²) in [6.45, 7) is 3.84. The fourth-order valence-corrected chi connectivity index (χ4v) is 6.88. The normalized spacial score (nSPS) is 14.2. The summed E-state index contributed by atoms with van der Waals surface area (Å²) < 4.78 is 33.3. The first kappa shape index (κ1) is 54.2. The predicted molar refractivity (Wildman–Crippen MR) is 231 cm³/mol.